The lowest BCUT2D eigenvalue weighted by Gasteiger charge is -2.38. The highest BCUT2D eigenvalue weighted by Gasteiger charge is 2.32. The number of hydrogen-bond acceptors (Lipinski definition) is 16. The van der Waals surface area contributed by atoms with Gasteiger partial charge in [-0.25, -0.2) is 14.4 Å². The van der Waals surface area contributed by atoms with E-state index in [0.29, 0.717) is 55.9 Å². The van der Waals surface area contributed by atoms with E-state index in [9.17, 15) is 78.9 Å². The highest BCUT2D eigenvalue weighted by molar-refractivity contribution is 7.80. The first-order chi connectivity index (χ1) is 40.5. The molecule has 0 aromatic heterocycles. The van der Waals surface area contributed by atoms with Crippen LogP contribution < -0.4 is 31.9 Å². The maximum Gasteiger partial charge on any atom is 0.326 e. The maximum absolute atomic E-state index is 13.9. The summed E-state index contributed by atoms with van der Waals surface area (Å²) in [5.74, 6) is -8.25. The van der Waals surface area contributed by atoms with Crippen LogP contribution in [-0.2, 0) is 51.2 Å². The quantitative estimate of drug-likeness (QED) is 0.0248. The molecule has 0 bridgehead atoms. The number of aliphatic carboxylic acids is 6. The number of fused-ring (bicyclic) bond motifs is 1. The molecule has 4 amide bonds. The number of nitrogens with one attached hydrogen (secondary N) is 6. The first-order valence-corrected chi connectivity index (χ1v) is 28.8. The van der Waals surface area contributed by atoms with Crippen molar-refractivity contribution in [3.05, 3.63) is 77.9 Å². The first-order valence-electron chi connectivity index (χ1n) is 28.4. The van der Waals surface area contributed by atoms with Crippen molar-refractivity contribution in [2.45, 2.75) is 101 Å². The van der Waals surface area contributed by atoms with Crippen LogP contribution in [0.15, 0.2) is 66.7 Å². The number of anilines is 1. The molecule has 5 rings (SSSR count). The van der Waals surface area contributed by atoms with Gasteiger partial charge in [-0.2, -0.15) is 0 Å². The SMILES string of the molecule is O=C(O)CC[C@H](NC(=O)N[C@@H](CCCCNC(=O)[C@H](Cc1ccc2ccccc2c1)NC(=O)C1CCC(CNC(=S)Nc2ccc(CC3CN(CC(O)O)CCN(CC(=O)O)CCN(CC(=O)O)CCN3CC(=O)O)cc2)CC1)C(=O)O)C(=O)O. The Bertz CT molecular complexity index is 2750. The number of unbranched alkanes of at least 4 members (excludes halogenated alkanes) is 1. The zero-order chi connectivity index (χ0) is 62.0. The van der Waals surface area contributed by atoms with Crippen LogP contribution >= 0.6 is 12.2 Å². The monoisotopic (exact) mass is 1210 g/mol. The number of carboxylic acids is 6. The van der Waals surface area contributed by atoms with Crippen LogP contribution in [0.2, 0.25) is 0 Å². The van der Waals surface area contributed by atoms with Crippen LogP contribution in [-0.4, -0.2) is 235 Å². The number of urea groups is 1. The molecule has 2 fully saturated rings. The second-order valence-corrected chi connectivity index (χ2v) is 22.0. The van der Waals surface area contributed by atoms with Gasteiger partial charge in [0.15, 0.2) is 11.4 Å². The Morgan fingerprint density at radius 3 is 1.75 bits per heavy atom. The molecular weight excluding hydrogens is 1130 g/mol. The Balaban J connectivity index is 1.13. The van der Waals surface area contributed by atoms with Crippen LogP contribution in [0, 0.1) is 11.8 Å². The van der Waals surface area contributed by atoms with Gasteiger partial charge in [-0.05, 0) is 110 Å². The third kappa shape index (κ3) is 25.3. The minimum atomic E-state index is -1.72. The molecule has 3 aromatic rings. The number of carbonyl (C=O) groups excluding carboxylic acids is 3. The molecule has 1 saturated carbocycles. The molecule has 1 heterocycles. The zero-order valence-electron chi connectivity index (χ0n) is 47.3. The lowest BCUT2D eigenvalue weighted by Crippen LogP contribution is -2.53. The third-order valence-electron chi connectivity index (χ3n) is 15.0. The summed E-state index contributed by atoms with van der Waals surface area (Å²) in [4.78, 5) is 117. The van der Waals surface area contributed by atoms with Gasteiger partial charge in [0.1, 0.15) is 18.1 Å². The number of benzene rings is 3. The predicted octanol–water partition coefficient (Wildman–Crippen LogP) is 0.714. The third-order valence-corrected chi connectivity index (χ3v) is 15.3. The lowest BCUT2D eigenvalue weighted by molar-refractivity contribution is -0.141. The number of carboxylic acid groups (broad SMARTS) is 6. The van der Waals surface area contributed by atoms with Crippen LogP contribution in [0.3, 0.4) is 0 Å². The van der Waals surface area contributed by atoms with E-state index in [4.69, 9.17) is 17.3 Å². The van der Waals surface area contributed by atoms with Gasteiger partial charge in [-0.3, -0.25) is 48.4 Å². The zero-order valence-corrected chi connectivity index (χ0v) is 48.1. The Morgan fingerprint density at radius 1 is 0.588 bits per heavy atom. The van der Waals surface area contributed by atoms with Gasteiger partial charge in [0.25, 0.3) is 0 Å². The standard InChI is InChI=1S/C57H80N10O17S/c68-47(69)19-18-45(55(82)83)63-56(84)62-44(54(80)81)7-3-4-20-58-53(79)46(29-38-10-13-39-5-1-2-6-41(39)27-38)61-52(78)40-14-8-37(9-15-40)30-59-57(85)60-42-16-11-36(12-17-42)28-43-31-66(34-50(74)75)24-23-64(32-48(70)71)21-22-65(33-49(72)73)25-26-67(43)35-51(76)77/h1-2,5-6,10-13,16-17,27,37,40,43-46,50,74-75H,3-4,7-9,14-15,18-26,28-35H2,(H,58,79)(H,61,78)(H,68,69)(H,70,71)(H,72,73)(H,76,77)(H,80,81)(H,82,83)(H2,59,60,85)(H2,62,63,84)/t37?,40?,43?,44-,45-,46-/m0/s1. The summed E-state index contributed by atoms with van der Waals surface area (Å²) in [6, 6.07) is 15.4. The molecule has 1 aliphatic carbocycles. The fraction of sp³-hybridized carbons (Fsp3) is 0.544. The van der Waals surface area contributed by atoms with Crippen LogP contribution in [0.5, 0.6) is 0 Å². The Hall–Kier alpha value is -7.60. The van der Waals surface area contributed by atoms with Gasteiger partial charge in [-0.15, -0.1) is 0 Å². The maximum atomic E-state index is 13.9. The fourth-order valence-corrected chi connectivity index (χ4v) is 10.7. The highest BCUT2D eigenvalue weighted by atomic mass is 32.1. The molecule has 3 aromatic carbocycles. The minimum Gasteiger partial charge on any atom is -0.481 e. The number of hydrogen-bond donors (Lipinski definition) is 14. The number of amides is 4. The van der Waals surface area contributed by atoms with Gasteiger partial charge in [0.2, 0.25) is 11.8 Å². The van der Waals surface area contributed by atoms with Crippen molar-refractivity contribution in [2.24, 2.45) is 11.8 Å². The van der Waals surface area contributed by atoms with Gasteiger partial charge >= 0.3 is 41.8 Å². The molecule has 1 unspecified atom stereocenters. The Labute approximate surface area is 497 Å². The summed E-state index contributed by atoms with van der Waals surface area (Å²) in [5.41, 5.74) is 2.32. The molecule has 0 spiro atoms. The number of nitrogens with zero attached hydrogens (tertiary/aromatic N) is 4. The van der Waals surface area contributed by atoms with E-state index < -0.39 is 91.1 Å². The van der Waals surface area contributed by atoms with Crippen molar-refractivity contribution in [1.82, 2.24) is 46.2 Å². The van der Waals surface area contributed by atoms with E-state index in [1.165, 1.54) is 0 Å². The Morgan fingerprint density at radius 2 is 1.16 bits per heavy atom. The fourth-order valence-electron chi connectivity index (χ4n) is 10.5. The van der Waals surface area contributed by atoms with Crippen molar-refractivity contribution >= 4 is 87.5 Å². The topological polar surface area (TPSA) is 401 Å². The number of thiocarbonyl (C=S) groups is 1. The first kappa shape index (κ1) is 68.2. The van der Waals surface area contributed by atoms with Crippen molar-refractivity contribution < 1.29 is 84.0 Å². The molecule has 2 aliphatic rings. The number of β-amino-alcohol motifs (C(OH)–C–C–N with tert-alkyl or cyclic N) is 2. The molecule has 1 aliphatic heterocycles. The summed E-state index contributed by atoms with van der Waals surface area (Å²) in [6.07, 6.45) is 0.860. The molecule has 0 radical (unpaired) electrons. The summed E-state index contributed by atoms with van der Waals surface area (Å²) in [7, 11) is 0. The van der Waals surface area contributed by atoms with Gasteiger partial charge in [-0.1, -0.05) is 54.6 Å². The molecule has 27 nitrogen and oxygen atoms in total. The second kappa shape index (κ2) is 35.0. The number of aliphatic hydroxyl groups excluding tert-OH is 1. The molecule has 14 N–H and O–H groups in total. The smallest absolute Gasteiger partial charge is 0.326 e. The van der Waals surface area contributed by atoms with Crippen LogP contribution in [0.1, 0.15) is 68.9 Å². The van der Waals surface area contributed by atoms with Crippen molar-refractivity contribution in [3.8, 4) is 0 Å². The predicted molar refractivity (Wildman–Crippen MR) is 313 cm³/mol. The van der Waals surface area contributed by atoms with Crippen LogP contribution in [0.4, 0.5) is 10.5 Å². The van der Waals surface area contributed by atoms with Gasteiger partial charge in [0.05, 0.1) is 19.6 Å². The van der Waals surface area contributed by atoms with Crippen molar-refractivity contribution in [1.29, 1.82) is 0 Å². The normalized spacial score (nSPS) is 18.7. The average molecular weight is 1210 g/mol. The molecule has 28 heteroatoms. The summed E-state index contributed by atoms with van der Waals surface area (Å²) in [5, 5.41) is 96.1. The van der Waals surface area contributed by atoms with E-state index in [1.807, 2.05) is 66.7 Å². The van der Waals surface area contributed by atoms with Crippen molar-refractivity contribution in [3.63, 3.8) is 0 Å². The van der Waals surface area contributed by atoms with E-state index in [0.717, 1.165) is 21.9 Å². The summed E-state index contributed by atoms with van der Waals surface area (Å²) < 4.78 is 0. The molecule has 466 valence electrons. The van der Waals surface area contributed by atoms with E-state index >= 15 is 0 Å². The molecule has 4 atom stereocenters. The molecule has 1 saturated heterocycles. The minimum absolute atomic E-state index is 0.0666. The number of aliphatic hydroxyl groups is 2. The highest BCUT2D eigenvalue weighted by Crippen LogP contribution is 2.29. The molecule has 85 heavy (non-hydrogen) atoms. The van der Waals surface area contributed by atoms with E-state index in [-0.39, 0.29) is 116 Å². The second-order valence-electron chi connectivity index (χ2n) is 21.6. The summed E-state index contributed by atoms with van der Waals surface area (Å²) >= 11 is 5.66. The number of rotatable bonds is 30. The van der Waals surface area contributed by atoms with E-state index in [2.05, 4.69) is 31.9 Å². The van der Waals surface area contributed by atoms with Crippen molar-refractivity contribution in [2.75, 3.05) is 90.4 Å². The molecular formula is C57H80N10O17S. The van der Waals surface area contributed by atoms with E-state index in [1.54, 1.807) is 19.6 Å². The van der Waals surface area contributed by atoms with Gasteiger partial charge in [0, 0.05) is 95.9 Å². The summed E-state index contributed by atoms with van der Waals surface area (Å²) in [6.45, 7) is 0.891. The Kier molecular flexibility index (Phi) is 28.1. The van der Waals surface area contributed by atoms with Gasteiger partial charge < -0.3 is 72.8 Å². The largest absolute Gasteiger partial charge is 0.481 e. The van der Waals surface area contributed by atoms with Crippen LogP contribution in [0.25, 0.3) is 10.8 Å². The average Bonchev–Trinajstić information content (AvgIpc) is 3.52. The number of carbonyl (C=O) groups is 9. The lowest BCUT2D eigenvalue weighted by atomic mass is 9.81.